The van der Waals surface area contributed by atoms with Crippen LogP contribution in [0.15, 0.2) is 12.2 Å². The second-order valence-corrected chi connectivity index (χ2v) is 6.94. The van der Waals surface area contributed by atoms with Crippen molar-refractivity contribution in [3.05, 3.63) is 12.2 Å². The molecular formula is C18H36Ge. The van der Waals surface area contributed by atoms with E-state index in [-0.39, 0.29) is 0 Å². The zero-order chi connectivity index (χ0) is 14.0. The number of hydrogen-bond donors (Lipinski definition) is 0. The maximum absolute atomic E-state index is 2.42. The van der Waals surface area contributed by atoms with E-state index in [1.165, 1.54) is 95.1 Å². The van der Waals surface area contributed by atoms with Gasteiger partial charge in [-0.3, -0.25) is 0 Å². The third kappa shape index (κ3) is 18.3. The van der Waals surface area contributed by atoms with Gasteiger partial charge in [-0.2, -0.15) is 0 Å². The van der Waals surface area contributed by atoms with Crippen LogP contribution in [-0.2, 0) is 0 Å². The summed E-state index contributed by atoms with van der Waals surface area (Å²) in [5.41, 5.74) is 0. The van der Waals surface area contributed by atoms with Crippen molar-refractivity contribution in [2.45, 2.75) is 102 Å². The van der Waals surface area contributed by atoms with Gasteiger partial charge in [-0.15, -0.1) is 0 Å². The summed E-state index contributed by atoms with van der Waals surface area (Å²) < 4.78 is 0. The fourth-order valence-corrected chi connectivity index (χ4v) is 3.00. The van der Waals surface area contributed by atoms with Crippen molar-refractivity contribution >= 4 is 16.5 Å². The normalized spacial score (nSPS) is 11.5. The Morgan fingerprint density at radius 2 is 1.00 bits per heavy atom. The Labute approximate surface area is 131 Å². The van der Waals surface area contributed by atoms with Crippen LogP contribution in [0.1, 0.15) is 96.8 Å². The standard InChI is InChI=1S/C18H36Ge/c1-2-3-4-5-6-7-8-9-10-11-12-13-14-15-16-17-18-19/h9-10,19H,2-8,11-18H2,1H3/b10-9-. The Bertz CT molecular complexity index is 175. The molecule has 0 aromatic heterocycles. The number of allylic oxidation sites excluding steroid dienone is 2. The van der Waals surface area contributed by atoms with Crippen LogP contribution in [0, 0.1) is 0 Å². The van der Waals surface area contributed by atoms with Crippen molar-refractivity contribution < 1.29 is 0 Å². The molecule has 19 heavy (non-hydrogen) atoms. The molecule has 0 aliphatic carbocycles. The van der Waals surface area contributed by atoms with E-state index in [4.69, 9.17) is 0 Å². The molecule has 0 bridgehead atoms. The molecule has 112 valence electrons. The molecule has 0 heterocycles. The molecule has 0 atom stereocenters. The Kier molecular flexibility index (Phi) is 18.6. The van der Waals surface area contributed by atoms with E-state index >= 15 is 0 Å². The van der Waals surface area contributed by atoms with Crippen molar-refractivity contribution in [2.75, 3.05) is 0 Å². The molecule has 0 nitrogen and oxygen atoms in total. The zero-order valence-electron chi connectivity index (χ0n) is 13.3. The minimum absolute atomic E-state index is 1.31. The van der Waals surface area contributed by atoms with E-state index in [2.05, 4.69) is 19.1 Å². The van der Waals surface area contributed by atoms with Gasteiger partial charge in [0.25, 0.3) is 0 Å². The molecule has 0 N–H and O–H groups in total. The minimum atomic E-state index is 1.31. The molecule has 0 unspecified atom stereocenters. The van der Waals surface area contributed by atoms with E-state index in [9.17, 15) is 0 Å². The molecule has 0 saturated heterocycles. The summed E-state index contributed by atoms with van der Waals surface area (Å²) in [6, 6.07) is 0. The third-order valence-electron chi connectivity index (χ3n) is 3.72. The van der Waals surface area contributed by atoms with Crippen molar-refractivity contribution in [1.82, 2.24) is 0 Å². The van der Waals surface area contributed by atoms with Gasteiger partial charge < -0.3 is 0 Å². The molecule has 0 amide bonds. The van der Waals surface area contributed by atoms with Gasteiger partial charge in [-0.1, -0.05) is 39.0 Å². The predicted molar refractivity (Wildman–Crippen MR) is 91.4 cm³/mol. The van der Waals surface area contributed by atoms with Gasteiger partial charge in [0.05, 0.1) is 0 Å². The van der Waals surface area contributed by atoms with Gasteiger partial charge in [0, 0.05) is 0 Å². The first-order chi connectivity index (χ1) is 9.41. The van der Waals surface area contributed by atoms with Crippen molar-refractivity contribution in [3.63, 3.8) is 0 Å². The van der Waals surface area contributed by atoms with Gasteiger partial charge >= 0.3 is 91.7 Å². The van der Waals surface area contributed by atoms with Gasteiger partial charge in [0.1, 0.15) is 0 Å². The fourth-order valence-electron chi connectivity index (χ4n) is 2.39. The van der Waals surface area contributed by atoms with Crippen LogP contribution in [0.5, 0.6) is 0 Å². The Morgan fingerprint density at radius 3 is 1.47 bits per heavy atom. The summed E-state index contributed by atoms with van der Waals surface area (Å²) in [6.45, 7) is 2.28. The Hall–Kier alpha value is 0.283. The van der Waals surface area contributed by atoms with Crippen LogP contribution >= 0.6 is 0 Å². The van der Waals surface area contributed by atoms with E-state index < -0.39 is 0 Å². The number of rotatable bonds is 15. The van der Waals surface area contributed by atoms with Gasteiger partial charge in [0.15, 0.2) is 0 Å². The average molecular weight is 325 g/mol. The second kappa shape index (κ2) is 18.3. The first kappa shape index (κ1) is 19.3. The maximum atomic E-state index is 2.42. The van der Waals surface area contributed by atoms with Gasteiger partial charge in [-0.05, 0) is 0 Å². The number of unbranched alkanes of at least 4 members (excludes halogenated alkanes) is 12. The van der Waals surface area contributed by atoms with Crippen LogP contribution in [0.3, 0.4) is 0 Å². The van der Waals surface area contributed by atoms with E-state index in [1.807, 2.05) is 16.5 Å². The molecule has 0 fully saturated rings. The molecule has 2 radical (unpaired) electrons. The van der Waals surface area contributed by atoms with E-state index in [0.717, 1.165) is 0 Å². The summed E-state index contributed by atoms with van der Waals surface area (Å²) in [5.74, 6) is 0. The average Bonchev–Trinajstić information content (AvgIpc) is 2.43. The van der Waals surface area contributed by atoms with E-state index in [0.29, 0.717) is 0 Å². The van der Waals surface area contributed by atoms with Crippen LogP contribution < -0.4 is 0 Å². The van der Waals surface area contributed by atoms with Gasteiger partial charge in [-0.25, -0.2) is 0 Å². The Balaban J connectivity index is 3.01. The third-order valence-corrected chi connectivity index (χ3v) is 4.57. The summed E-state index contributed by atoms with van der Waals surface area (Å²) in [5, 5.41) is 1.42. The van der Waals surface area contributed by atoms with Crippen molar-refractivity contribution in [1.29, 1.82) is 0 Å². The first-order valence-electron chi connectivity index (χ1n) is 8.77. The molecule has 0 saturated carbocycles. The molecule has 0 aliphatic heterocycles. The fraction of sp³-hybridized carbons (Fsp3) is 0.889. The SMILES string of the molecule is CCCCCCCC/C=C\CCCCCCC[CH2][GeH]. The topological polar surface area (TPSA) is 0 Å². The summed E-state index contributed by atoms with van der Waals surface area (Å²) in [7, 11) is 0. The van der Waals surface area contributed by atoms with Crippen LogP contribution in [0.25, 0.3) is 0 Å². The first-order valence-corrected chi connectivity index (χ1v) is 10.5. The zero-order valence-corrected chi connectivity index (χ0v) is 15.8. The predicted octanol–water partition coefficient (Wildman–Crippen LogP) is 6.34. The van der Waals surface area contributed by atoms with Crippen molar-refractivity contribution in [2.24, 2.45) is 0 Å². The second-order valence-electron chi connectivity index (χ2n) is 5.73. The quantitative estimate of drug-likeness (QED) is 0.187. The van der Waals surface area contributed by atoms with Crippen LogP contribution in [-0.4, -0.2) is 16.5 Å². The van der Waals surface area contributed by atoms with E-state index in [1.54, 1.807) is 0 Å². The Morgan fingerprint density at radius 1 is 0.579 bits per heavy atom. The number of hydrogen-bond acceptors (Lipinski definition) is 0. The summed E-state index contributed by atoms with van der Waals surface area (Å²) in [4.78, 5) is 0. The molecule has 0 spiro atoms. The molecule has 0 aliphatic rings. The van der Waals surface area contributed by atoms with Crippen LogP contribution in [0.4, 0.5) is 0 Å². The van der Waals surface area contributed by atoms with Crippen LogP contribution in [0.2, 0.25) is 5.25 Å². The summed E-state index contributed by atoms with van der Waals surface area (Å²) in [6.07, 6.45) is 24.7. The molecule has 0 rings (SSSR count). The van der Waals surface area contributed by atoms with Crippen molar-refractivity contribution in [3.8, 4) is 0 Å². The molecule has 1 heteroatoms. The molecule has 0 aromatic carbocycles. The summed E-state index contributed by atoms with van der Waals surface area (Å²) >= 11 is 1.89. The molecule has 0 aromatic rings. The van der Waals surface area contributed by atoms with Gasteiger partial charge in [0.2, 0.25) is 0 Å². The molecular weight excluding hydrogens is 289 g/mol. The monoisotopic (exact) mass is 326 g/mol.